The molecule has 0 amide bonds. The van der Waals surface area contributed by atoms with Crippen molar-refractivity contribution in [2.24, 2.45) is 9.98 Å². The molecule has 1 atom stereocenters. The first kappa shape index (κ1) is 34.1. The first-order valence-corrected chi connectivity index (χ1v) is 21.5. The Hall–Kier alpha value is -7.80. The minimum atomic E-state index is -0.457. The number of nitrogens with zero attached hydrogens (tertiary/aromatic N) is 4. The molecule has 3 aromatic heterocycles. The lowest BCUT2D eigenvalue weighted by Crippen LogP contribution is -2.36. The van der Waals surface area contributed by atoms with Gasteiger partial charge < -0.3 is 14.5 Å². The summed E-state index contributed by atoms with van der Waals surface area (Å²) in [5.41, 5.74) is 10.1. The summed E-state index contributed by atoms with van der Waals surface area (Å²) in [5, 5.41) is 13.5. The van der Waals surface area contributed by atoms with Crippen molar-refractivity contribution in [2.45, 2.75) is 6.17 Å². The molecule has 0 saturated heterocycles. The van der Waals surface area contributed by atoms with Crippen LogP contribution in [0.1, 0.15) is 22.9 Å². The van der Waals surface area contributed by atoms with Crippen molar-refractivity contribution < 1.29 is 0 Å². The lowest BCUT2D eigenvalue weighted by atomic mass is 10.0. The summed E-state index contributed by atoms with van der Waals surface area (Å²) in [6, 6.07) is 72.0. The van der Waals surface area contributed by atoms with E-state index in [0.29, 0.717) is 0 Å². The van der Waals surface area contributed by atoms with Gasteiger partial charge in [0.05, 0.1) is 22.1 Å². The van der Waals surface area contributed by atoms with Gasteiger partial charge in [-0.25, -0.2) is 9.98 Å². The maximum atomic E-state index is 5.40. The Balaban J connectivity index is 1.00. The molecule has 0 spiro atoms. The molecule has 9 aromatic carbocycles. The van der Waals surface area contributed by atoms with Crippen LogP contribution in [0.4, 0.5) is 0 Å². The fourth-order valence-electron chi connectivity index (χ4n) is 9.56. The Morgan fingerprint density at radius 1 is 0.426 bits per heavy atom. The second kappa shape index (κ2) is 13.4. The average molecular weight is 798 g/mol. The Bertz CT molecular complexity index is 3790. The largest absolute Gasteiger partial charge is 0.324 e. The van der Waals surface area contributed by atoms with Crippen LogP contribution < -0.4 is 5.32 Å². The third-order valence-corrected chi connectivity index (χ3v) is 13.6. The van der Waals surface area contributed by atoms with Crippen molar-refractivity contribution >= 4 is 97.6 Å². The zero-order chi connectivity index (χ0) is 40.0. The highest BCUT2D eigenvalue weighted by Gasteiger charge is 2.25. The highest BCUT2D eigenvalue weighted by molar-refractivity contribution is 7.26. The second-order valence-corrected chi connectivity index (χ2v) is 16.8. The molecule has 1 aliphatic heterocycles. The molecule has 6 heteroatoms. The third kappa shape index (κ3) is 5.26. The van der Waals surface area contributed by atoms with Gasteiger partial charge in [0.15, 0.2) is 6.17 Å². The van der Waals surface area contributed by atoms with Crippen LogP contribution in [0.3, 0.4) is 0 Å². The fraction of sp³-hybridized carbons (Fsp3) is 0.0182. The summed E-state index contributed by atoms with van der Waals surface area (Å²) in [5.74, 6) is 1.63. The number of nitrogens with one attached hydrogen (secondary N) is 1. The van der Waals surface area contributed by atoms with Gasteiger partial charge in [-0.3, -0.25) is 0 Å². The molecule has 13 rings (SSSR count). The molecule has 0 aliphatic carbocycles. The van der Waals surface area contributed by atoms with Gasteiger partial charge in [0.25, 0.3) is 0 Å². The number of hydrogen-bond acceptors (Lipinski definition) is 4. The Morgan fingerprint density at radius 2 is 1.02 bits per heavy atom. The molecule has 4 heterocycles. The number of benzene rings is 9. The zero-order valence-corrected chi connectivity index (χ0v) is 33.6. The minimum absolute atomic E-state index is 0.457. The number of thiophene rings is 1. The van der Waals surface area contributed by atoms with Gasteiger partial charge in [0.2, 0.25) is 0 Å². The van der Waals surface area contributed by atoms with Gasteiger partial charge in [-0.1, -0.05) is 146 Å². The Morgan fingerprint density at radius 3 is 1.75 bits per heavy atom. The van der Waals surface area contributed by atoms with Crippen LogP contribution in [0.5, 0.6) is 0 Å². The van der Waals surface area contributed by atoms with E-state index in [1.807, 2.05) is 11.3 Å². The average Bonchev–Trinajstić information content (AvgIpc) is 4.00. The van der Waals surface area contributed by atoms with Crippen LogP contribution in [0.2, 0.25) is 0 Å². The van der Waals surface area contributed by atoms with Gasteiger partial charge in [-0.05, 0) is 70.9 Å². The standard InChI is InChI=1S/C55H35N5S/c1-2-15-38(16-3-1)59-47-22-9-6-17-40(47)43-31-32-44-41-18-7-10-23-48(41)60(51(44)50(43)59)39-29-27-35(28-30-39)53-56-54(37-26-25-34-13-4-5-14-36(34)33-37)58-55(57-53)46-21-12-20-45-42-19-8-11-24-49(42)61-52(45)46/h1-33,53H,(H,56,57,58). The highest BCUT2D eigenvalue weighted by Crippen LogP contribution is 2.42. The number of hydrogen-bond donors (Lipinski definition) is 1. The summed E-state index contributed by atoms with van der Waals surface area (Å²) in [7, 11) is 0. The molecular formula is C55H35N5S. The van der Waals surface area contributed by atoms with Crippen molar-refractivity contribution in [2.75, 3.05) is 0 Å². The summed E-state index contributed by atoms with van der Waals surface area (Å²) >= 11 is 1.82. The molecule has 61 heavy (non-hydrogen) atoms. The fourth-order valence-corrected chi connectivity index (χ4v) is 10.8. The van der Waals surface area contributed by atoms with E-state index in [2.05, 4.69) is 215 Å². The number of amidine groups is 2. The predicted octanol–water partition coefficient (Wildman–Crippen LogP) is 13.9. The summed E-state index contributed by atoms with van der Waals surface area (Å²) in [4.78, 5) is 10.7. The number of aliphatic imine (C=N–C) groups is 2. The molecule has 0 radical (unpaired) electrons. The van der Waals surface area contributed by atoms with Gasteiger partial charge in [-0.15, -0.1) is 11.3 Å². The molecule has 12 aromatic rings. The van der Waals surface area contributed by atoms with Crippen molar-refractivity contribution in [3.8, 4) is 11.4 Å². The van der Waals surface area contributed by atoms with E-state index in [4.69, 9.17) is 9.98 Å². The molecule has 0 saturated carbocycles. The first-order valence-electron chi connectivity index (χ1n) is 20.7. The Labute approximate surface area is 354 Å². The number of fused-ring (bicyclic) bond motifs is 11. The van der Waals surface area contributed by atoms with Crippen LogP contribution >= 0.6 is 11.3 Å². The van der Waals surface area contributed by atoms with Gasteiger partial charge in [0, 0.05) is 64.2 Å². The van der Waals surface area contributed by atoms with E-state index >= 15 is 0 Å². The second-order valence-electron chi connectivity index (χ2n) is 15.8. The predicted molar refractivity (Wildman–Crippen MR) is 257 cm³/mol. The molecule has 1 unspecified atom stereocenters. The molecule has 5 nitrogen and oxygen atoms in total. The maximum Gasteiger partial charge on any atom is 0.169 e. The monoisotopic (exact) mass is 797 g/mol. The van der Waals surface area contributed by atoms with E-state index in [1.54, 1.807) is 0 Å². The van der Waals surface area contributed by atoms with Gasteiger partial charge >= 0.3 is 0 Å². The topological polar surface area (TPSA) is 46.6 Å². The molecule has 1 N–H and O–H groups in total. The van der Waals surface area contributed by atoms with Crippen LogP contribution in [-0.2, 0) is 0 Å². The number of para-hydroxylation sites is 3. The van der Waals surface area contributed by atoms with Crippen molar-refractivity contribution in [1.29, 1.82) is 0 Å². The smallest absolute Gasteiger partial charge is 0.169 e. The SMILES string of the molecule is c1ccc(-n2c3ccccc3c3ccc4c5ccccc5n(-c5ccc(C6N=C(c7ccc8ccccc8c7)NC(c7cccc8c7sc7ccccc78)=N6)cc5)c4c32)cc1. The Kier molecular flexibility index (Phi) is 7.47. The maximum absolute atomic E-state index is 5.40. The lowest BCUT2D eigenvalue weighted by Gasteiger charge is -2.23. The minimum Gasteiger partial charge on any atom is -0.324 e. The van der Waals surface area contributed by atoms with Crippen molar-refractivity contribution in [1.82, 2.24) is 14.5 Å². The molecule has 1 aliphatic rings. The van der Waals surface area contributed by atoms with E-state index in [1.165, 1.54) is 69.0 Å². The quantitative estimate of drug-likeness (QED) is 0.185. The van der Waals surface area contributed by atoms with E-state index in [9.17, 15) is 0 Å². The number of aromatic nitrogens is 2. The van der Waals surface area contributed by atoms with Gasteiger partial charge in [0.1, 0.15) is 11.7 Å². The van der Waals surface area contributed by atoms with E-state index < -0.39 is 6.17 Å². The molecule has 286 valence electrons. The van der Waals surface area contributed by atoms with Crippen LogP contribution in [0.15, 0.2) is 210 Å². The third-order valence-electron chi connectivity index (χ3n) is 12.4. The molecular weight excluding hydrogens is 763 g/mol. The van der Waals surface area contributed by atoms with E-state index in [-0.39, 0.29) is 0 Å². The number of rotatable bonds is 5. The normalized spacial score (nSPS) is 14.4. The van der Waals surface area contributed by atoms with Crippen LogP contribution in [0, 0.1) is 0 Å². The molecule has 0 bridgehead atoms. The molecule has 0 fully saturated rings. The van der Waals surface area contributed by atoms with Gasteiger partial charge in [-0.2, -0.15) is 0 Å². The van der Waals surface area contributed by atoms with Crippen LogP contribution in [-0.4, -0.2) is 20.8 Å². The lowest BCUT2D eigenvalue weighted by molar-refractivity contribution is 0.756. The summed E-state index contributed by atoms with van der Waals surface area (Å²) in [6.45, 7) is 0. The zero-order valence-electron chi connectivity index (χ0n) is 32.8. The van der Waals surface area contributed by atoms with Crippen molar-refractivity contribution in [3.05, 3.63) is 217 Å². The van der Waals surface area contributed by atoms with E-state index in [0.717, 1.165) is 45.3 Å². The van der Waals surface area contributed by atoms with Crippen LogP contribution in [0.25, 0.3) is 85.9 Å². The van der Waals surface area contributed by atoms with Crippen molar-refractivity contribution in [3.63, 3.8) is 0 Å². The highest BCUT2D eigenvalue weighted by atomic mass is 32.1. The summed E-state index contributed by atoms with van der Waals surface area (Å²) < 4.78 is 7.36. The summed E-state index contributed by atoms with van der Waals surface area (Å²) in [6.07, 6.45) is -0.457. The first-order chi connectivity index (χ1) is 30.2.